The van der Waals surface area contributed by atoms with E-state index in [0.717, 1.165) is 22.8 Å². The summed E-state index contributed by atoms with van der Waals surface area (Å²) < 4.78 is 28.0. The molecule has 0 saturated carbocycles. The van der Waals surface area contributed by atoms with Gasteiger partial charge < -0.3 is 0 Å². The lowest BCUT2D eigenvalue weighted by molar-refractivity contribution is 0.580. The van der Waals surface area contributed by atoms with Gasteiger partial charge in [0.15, 0.2) is 0 Å². The summed E-state index contributed by atoms with van der Waals surface area (Å²) in [7, 11) is 0. The fourth-order valence-corrected chi connectivity index (χ4v) is 2.37. The highest BCUT2D eigenvalue weighted by molar-refractivity contribution is 6.48. The Bertz CT molecular complexity index is 889. The quantitative estimate of drug-likeness (QED) is 0.788. The molecule has 1 aromatic carbocycles. The first-order valence-electron chi connectivity index (χ1n) is 6.67. The maximum Gasteiger partial charge on any atom is 0.267 e. The highest BCUT2D eigenvalue weighted by atomic mass is 35.5. The van der Waals surface area contributed by atoms with Crippen molar-refractivity contribution in [2.45, 2.75) is 13.8 Å². The van der Waals surface area contributed by atoms with E-state index in [9.17, 15) is 13.6 Å². The van der Waals surface area contributed by atoms with Gasteiger partial charge in [0, 0.05) is 12.1 Å². The molecule has 23 heavy (non-hydrogen) atoms. The zero-order chi connectivity index (χ0) is 17.1. The molecule has 0 atom stereocenters. The van der Waals surface area contributed by atoms with Gasteiger partial charge in [-0.15, -0.1) is 5.73 Å². The molecule has 0 bridgehead atoms. The van der Waals surface area contributed by atoms with E-state index in [-0.39, 0.29) is 22.1 Å². The Labute approximate surface area is 136 Å². The topological polar surface area (TPSA) is 34.9 Å². The van der Waals surface area contributed by atoms with Gasteiger partial charge in [-0.05, 0) is 26.0 Å². The second-order valence-corrected chi connectivity index (χ2v) is 5.08. The van der Waals surface area contributed by atoms with Crippen molar-refractivity contribution < 1.29 is 8.78 Å². The zero-order valence-electron chi connectivity index (χ0n) is 12.5. The van der Waals surface area contributed by atoms with Crippen LogP contribution in [0.3, 0.4) is 0 Å². The first-order valence-corrected chi connectivity index (χ1v) is 7.05. The molecule has 3 nitrogen and oxygen atoms in total. The summed E-state index contributed by atoms with van der Waals surface area (Å²) in [5, 5.41) is 0.176. The Kier molecular flexibility index (Phi) is 4.94. The Morgan fingerprint density at radius 1 is 1.35 bits per heavy atom. The highest BCUT2D eigenvalue weighted by Gasteiger charge is 2.17. The molecule has 0 amide bonds. The predicted octanol–water partition coefficient (Wildman–Crippen LogP) is 4.22. The van der Waals surface area contributed by atoms with Crippen LogP contribution < -0.4 is 5.56 Å². The molecule has 0 N–H and O–H groups in total. The number of allylic oxidation sites excluding steroid dienone is 1. The Morgan fingerprint density at radius 2 is 1.96 bits per heavy atom. The molecule has 118 valence electrons. The lowest BCUT2D eigenvalue weighted by Gasteiger charge is -2.13. The van der Waals surface area contributed by atoms with Gasteiger partial charge in [0.05, 0.1) is 22.0 Å². The molecular formula is C17H13ClF2N2O. The number of rotatable bonds is 3. The molecule has 1 heterocycles. The van der Waals surface area contributed by atoms with Crippen LogP contribution in [0.2, 0.25) is 0 Å². The first-order chi connectivity index (χ1) is 10.9. The second kappa shape index (κ2) is 6.73. The molecule has 0 aliphatic carbocycles. The lowest BCUT2D eigenvalue weighted by atomic mass is 10.1. The van der Waals surface area contributed by atoms with E-state index in [1.165, 1.54) is 12.2 Å². The maximum atomic E-state index is 13.5. The Morgan fingerprint density at radius 3 is 2.48 bits per heavy atom. The summed E-state index contributed by atoms with van der Waals surface area (Å²) in [6.07, 6.45) is 2.96. The van der Waals surface area contributed by atoms with E-state index in [2.05, 4.69) is 17.3 Å². The third kappa shape index (κ3) is 3.31. The minimum absolute atomic E-state index is 0.0356. The smallest absolute Gasteiger partial charge is 0.267 e. The van der Waals surface area contributed by atoms with E-state index < -0.39 is 17.2 Å². The van der Waals surface area contributed by atoms with Crippen molar-refractivity contribution in [3.8, 4) is 5.69 Å². The minimum Gasteiger partial charge on any atom is -0.268 e. The van der Waals surface area contributed by atoms with Crippen molar-refractivity contribution in [2.75, 3.05) is 0 Å². The van der Waals surface area contributed by atoms with Gasteiger partial charge in [0.1, 0.15) is 17.5 Å². The van der Waals surface area contributed by atoms with Crippen LogP contribution in [0.4, 0.5) is 8.78 Å². The number of hydrogen-bond acceptors (Lipinski definition) is 2. The van der Waals surface area contributed by atoms with Crippen LogP contribution in [0.25, 0.3) is 16.8 Å². The predicted molar refractivity (Wildman–Crippen MR) is 87.6 cm³/mol. The highest BCUT2D eigenvalue weighted by Crippen LogP contribution is 2.21. The number of hydrogen-bond donors (Lipinski definition) is 0. The zero-order valence-corrected chi connectivity index (χ0v) is 13.3. The van der Waals surface area contributed by atoms with E-state index in [0.29, 0.717) is 5.69 Å². The molecule has 0 fully saturated rings. The average Bonchev–Trinajstić information content (AvgIpc) is 2.45. The summed E-state index contributed by atoms with van der Waals surface area (Å²) >= 11 is 6.10. The summed E-state index contributed by atoms with van der Waals surface area (Å²) in [4.78, 5) is 17.1. The third-order valence-electron chi connectivity index (χ3n) is 3.12. The molecule has 6 heteroatoms. The fourth-order valence-electron chi connectivity index (χ4n) is 2.19. The molecule has 0 radical (unpaired) electrons. The van der Waals surface area contributed by atoms with Crippen LogP contribution in [0.1, 0.15) is 24.0 Å². The summed E-state index contributed by atoms with van der Waals surface area (Å²) in [5.41, 5.74) is 2.45. The van der Waals surface area contributed by atoms with E-state index in [4.69, 9.17) is 11.6 Å². The molecule has 0 aliphatic rings. The van der Waals surface area contributed by atoms with Gasteiger partial charge in [0.25, 0.3) is 5.56 Å². The standard InChI is InChI=1S/C17H13ClF2N2O/c1-4-6-15-16(14(18)5-2)17(23)22(10(3)21-15)13-8-11(19)7-12(20)9-13/h5-9H,1H2,2-3H3/b14-5+. The molecule has 0 spiro atoms. The summed E-state index contributed by atoms with van der Waals surface area (Å²) in [6, 6.07) is 2.83. The monoisotopic (exact) mass is 334 g/mol. The summed E-state index contributed by atoms with van der Waals surface area (Å²) in [5.74, 6) is -1.33. The van der Waals surface area contributed by atoms with Crippen LogP contribution in [0, 0.1) is 18.6 Å². The van der Waals surface area contributed by atoms with Crippen molar-refractivity contribution in [3.63, 3.8) is 0 Å². The molecule has 0 aliphatic heterocycles. The molecule has 0 unspecified atom stereocenters. The number of aromatic nitrogens is 2. The van der Waals surface area contributed by atoms with Crippen molar-refractivity contribution >= 4 is 22.7 Å². The average molecular weight is 335 g/mol. The van der Waals surface area contributed by atoms with Crippen molar-refractivity contribution in [3.05, 3.63) is 75.7 Å². The van der Waals surface area contributed by atoms with Gasteiger partial charge in [-0.3, -0.25) is 9.36 Å². The second-order valence-electron chi connectivity index (χ2n) is 4.67. The van der Waals surface area contributed by atoms with Crippen molar-refractivity contribution in [1.82, 2.24) is 9.55 Å². The van der Waals surface area contributed by atoms with E-state index >= 15 is 0 Å². The van der Waals surface area contributed by atoms with Gasteiger partial charge >= 0.3 is 0 Å². The first kappa shape index (κ1) is 16.9. The minimum atomic E-state index is -0.792. The molecule has 0 saturated heterocycles. The number of aryl methyl sites for hydroxylation is 1. The van der Waals surface area contributed by atoms with Gasteiger partial charge in [-0.2, -0.15) is 0 Å². The van der Waals surface area contributed by atoms with Crippen LogP contribution in [0.15, 0.2) is 41.4 Å². The van der Waals surface area contributed by atoms with Crippen LogP contribution >= 0.6 is 11.6 Å². The molecule has 1 aromatic heterocycles. The van der Waals surface area contributed by atoms with Crippen molar-refractivity contribution in [1.29, 1.82) is 0 Å². The molecule has 2 rings (SSSR count). The van der Waals surface area contributed by atoms with E-state index in [1.54, 1.807) is 13.8 Å². The summed E-state index contributed by atoms with van der Waals surface area (Å²) in [6.45, 7) is 6.67. The Balaban J connectivity index is 2.90. The van der Waals surface area contributed by atoms with Gasteiger partial charge in [-0.1, -0.05) is 24.3 Å². The van der Waals surface area contributed by atoms with E-state index in [1.807, 2.05) is 0 Å². The van der Waals surface area contributed by atoms with Crippen LogP contribution in [-0.2, 0) is 0 Å². The third-order valence-corrected chi connectivity index (χ3v) is 3.52. The number of halogens is 3. The van der Waals surface area contributed by atoms with Gasteiger partial charge in [-0.25, -0.2) is 13.8 Å². The number of nitrogens with zero attached hydrogens (tertiary/aromatic N) is 2. The van der Waals surface area contributed by atoms with Gasteiger partial charge in [0.2, 0.25) is 0 Å². The normalized spacial score (nSPS) is 11.3. The molecular weight excluding hydrogens is 322 g/mol. The largest absolute Gasteiger partial charge is 0.268 e. The van der Waals surface area contributed by atoms with Crippen LogP contribution in [-0.4, -0.2) is 9.55 Å². The van der Waals surface area contributed by atoms with Crippen molar-refractivity contribution in [2.24, 2.45) is 0 Å². The maximum absolute atomic E-state index is 13.5. The Hall–Kier alpha value is -2.49. The lowest BCUT2D eigenvalue weighted by Crippen LogP contribution is -2.26. The SMILES string of the molecule is C=C=Cc1nc(C)n(-c2cc(F)cc(F)c2)c(=O)c1/C(Cl)=C\C. The molecule has 2 aromatic rings. The number of benzene rings is 1. The van der Waals surface area contributed by atoms with Crippen LogP contribution in [0.5, 0.6) is 0 Å². The fraction of sp³-hybridized carbons (Fsp3) is 0.118.